The first-order valence-corrected chi connectivity index (χ1v) is 7.75. The smallest absolute Gasteiger partial charge is 0.308 e. The highest BCUT2D eigenvalue weighted by Gasteiger charge is 2.33. The van der Waals surface area contributed by atoms with Crippen molar-refractivity contribution in [3.8, 4) is 11.5 Å². The van der Waals surface area contributed by atoms with E-state index >= 15 is 0 Å². The van der Waals surface area contributed by atoms with Crippen LogP contribution in [0.3, 0.4) is 0 Å². The number of aromatic hydroxyl groups is 1. The number of carbonyl (C=O) groups excluding carboxylic acids is 1. The first-order valence-electron chi connectivity index (χ1n) is 7.75. The average molecular weight is 306 g/mol. The first kappa shape index (κ1) is 16.8. The second-order valence-corrected chi connectivity index (χ2v) is 6.88. The number of piperazine rings is 1. The molecule has 1 aromatic carbocycles. The lowest BCUT2D eigenvalue weighted by atomic mass is 9.81. The Morgan fingerprint density at radius 2 is 1.95 bits per heavy atom. The predicted octanol–water partition coefficient (Wildman–Crippen LogP) is 2.31. The van der Waals surface area contributed by atoms with Gasteiger partial charge < -0.3 is 15.2 Å². The molecule has 0 amide bonds. The maximum absolute atomic E-state index is 11.0. The molecule has 0 bridgehead atoms. The fourth-order valence-corrected chi connectivity index (χ4v) is 3.14. The van der Waals surface area contributed by atoms with Crippen LogP contribution in [-0.4, -0.2) is 42.2 Å². The molecule has 5 nitrogen and oxygen atoms in total. The molecule has 1 aromatic rings. The Labute approximate surface area is 132 Å². The van der Waals surface area contributed by atoms with E-state index in [-0.39, 0.29) is 23.0 Å². The molecule has 1 aliphatic rings. The molecule has 2 N–H and O–H groups in total. The average Bonchev–Trinajstić information content (AvgIpc) is 2.41. The van der Waals surface area contributed by atoms with Crippen LogP contribution in [0.25, 0.3) is 0 Å². The van der Waals surface area contributed by atoms with Crippen LogP contribution in [0.1, 0.15) is 39.3 Å². The Bertz CT molecular complexity index is 531. The number of rotatable bonds is 3. The molecule has 22 heavy (non-hydrogen) atoms. The fourth-order valence-electron chi connectivity index (χ4n) is 3.14. The summed E-state index contributed by atoms with van der Waals surface area (Å²) in [5.74, 6) is -0.209. The van der Waals surface area contributed by atoms with Crippen molar-refractivity contribution in [3.05, 3.63) is 23.8 Å². The van der Waals surface area contributed by atoms with E-state index in [1.807, 2.05) is 6.07 Å². The van der Waals surface area contributed by atoms with Gasteiger partial charge in [-0.05, 0) is 23.1 Å². The molecular weight excluding hydrogens is 280 g/mol. The molecule has 0 unspecified atom stereocenters. The molecule has 2 rings (SSSR count). The van der Waals surface area contributed by atoms with Crippen molar-refractivity contribution in [2.24, 2.45) is 5.41 Å². The number of carbonyl (C=O) groups is 1. The first-order chi connectivity index (χ1) is 10.3. The van der Waals surface area contributed by atoms with Crippen molar-refractivity contribution >= 4 is 5.97 Å². The number of benzene rings is 1. The Balaban J connectivity index is 2.31. The fraction of sp³-hybridized carbons (Fsp3) is 0.588. The Kier molecular flexibility index (Phi) is 5.08. The summed E-state index contributed by atoms with van der Waals surface area (Å²) in [7, 11) is 0. The molecule has 0 spiro atoms. The molecule has 1 heterocycles. The van der Waals surface area contributed by atoms with Gasteiger partial charge in [0.1, 0.15) is 0 Å². The summed E-state index contributed by atoms with van der Waals surface area (Å²) in [4.78, 5) is 13.5. The molecule has 0 radical (unpaired) electrons. The molecule has 1 atom stereocenters. The van der Waals surface area contributed by atoms with Crippen LogP contribution in [0.15, 0.2) is 18.2 Å². The number of hydrogen-bond acceptors (Lipinski definition) is 5. The second kappa shape index (κ2) is 6.67. The van der Waals surface area contributed by atoms with Gasteiger partial charge in [-0.3, -0.25) is 9.69 Å². The SMILES string of the molecule is CC(=O)Oc1ccc([C@H](N2CCNCC2)C(C)(C)C)cc1O. The van der Waals surface area contributed by atoms with Crippen molar-refractivity contribution in [3.63, 3.8) is 0 Å². The summed E-state index contributed by atoms with van der Waals surface area (Å²) in [5.41, 5.74) is 1.08. The molecule has 0 aliphatic carbocycles. The lowest BCUT2D eigenvalue weighted by Crippen LogP contribution is -2.48. The molecule has 0 saturated carbocycles. The quantitative estimate of drug-likeness (QED) is 0.663. The number of phenols is 1. The van der Waals surface area contributed by atoms with E-state index < -0.39 is 5.97 Å². The van der Waals surface area contributed by atoms with Crippen LogP contribution in [0.4, 0.5) is 0 Å². The minimum atomic E-state index is -0.433. The van der Waals surface area contributed by atoms with Gasteiger partial charge in [0.05, 0.1) is 0 Å². The highest BCUT2D eigenvalue weighted by atomic mass is 16.5. The molecule has 1 saturated heterocycles. The summed E-state index contributed by atoms with van der Waals surface area (Å²) in [5, 5.41) is 13.5. The zero-order chi connectivity index (χ0) is 16.3. The van der Waals surface area contributed by atoms with Crippen LogP contribution < -0.4 is 10.1 Å². The maximum atomic E-state index is 11.0. The molecule has 5 heteroatoms. The lowest BCUT2D eigenvalue weighted by Gasteiger charge is -2.42. The standard InChI is InChI=1S/C17H26N2O3/c1-12(20)22-15-6-5-13(11-14(15)21)16(17(2,3)4)19-9-7-18-8-10-19/h5-6,11,16,18,21H,7-10H2,1-4H3/t16-/m0/s1. The minimum absolute atomic E-state index is 0.0112. The summed E-state index contributed by atoms with van der Waals surface area (Å²) in [6, 6.07) is 5.53. The zero-order valence-electron chi connectivity index (χ0n) is 13.8. The molecule has 1 aliphatic heterocycles. The van der Waals surface area contributed by atoms with Crippen LogP contribution in [0.5, 0.6) is 11.5 Å². The van der Waals surface area contributed by atoms with E-state index in [2.05, 4.69) is 31.0 Å². The lowest BCUT2D eigenvalue weighted by molar-refractivity contribution is -0.132. The molecule has 122 valence electrons. The van der Waals surface area contributed by atoms with Crippen LogP contribution in [0, 0.1) is 5.41 Å². The van der Waals surface area contributed by atoms with E-state index in [0.717, 1.165) is 31.7 Å². The summed E-state index contributed by atoms with van der Waals surface area (Å²) >= 11 is 0. The van der Waals surface area contributed by atoms with Gasteiger partial charge in [0.2, 0.25) is 0 Å². The number of esters is 1. The van der Waals surface area contributed by atoms with Gasteiger partial charge in [-0.25, -0.2) is 0 Å². The van der Waals surface area contributed by atoms with Gasteiger partial charge in [0.15, 0.2) is 11.5 Å². The highest BCUT2D eigenvalue weighted by molar-refractivity contribution is 5.70. The van der Waals surface area contributed by atoms with Crippen molar-refractivity contribution < 1.29 is 14.6 Å². The van der Waals surface area contributed by atoms with Gasteiger partial charge >= 0.3 is 5.97 Å². The van der Waals surface area contributed by atoms with Crippen molar-refractivity contribution in [2.75, 3.05) is 26.2 Å². The van der Waals surface area contributed by atoms with Crippen molar-refractivity contribution in [1.29, 1.82) is 0 Å². The van der Waals surface area contributed by atoms with E-state index in [4.69, 9.17) is 4.74 Å². The predicted molar refractivity (Wildman–Crippen MR) is 86.1 cm³/mol. The van der Waals surface area contributed by atoms with Crippen LogP contribution in [0.2, 0.25) is 0 Å². The van der Waals surface area contributed by atoms with Crippen molar-refractivity contribution in [2.45, 2.75) is 33.7 Å². The Morgan fingerprint density at radius 1 is 1.32 bits per heavy atom. The van der Waals surface area contributed by atoms with E-state index in [1.165, 1.54) is 6.92 Å². The maximum Gasteiger partial charge on any atom is 0.308 e. The largest absolute Gasteiger partial charge is 0.504 e. The summed E-state index contributed by atoms with van der Waals surface area (Å²) in [6.45, 7) is 11.9. The number of nitrogens with zero attached hydrogens (tertiary/aromatic N) is 1. The second-order valence-electron chi connectivity index (χ2n) is 6.88. The third kappa shape index (κ3) is 3.99. The highest BCUT2D eigenvalue weighted by Crippen LogP contribution is 2.40. The van der Waals surface area contributed by atoms with Crippen molar-refractivity contribution in [1.82, 2.24) is 10.2 Å². The van der Waals surface area contributed by atoms with E-state index in [0.29, 0.717) is 0 Å². The minimum Gasteiger partial charge on any atom is -0.504 e. The van der Waals surface area contributed by atoms with Crippen LogP contribution in [-0.2, 0) is 4.79 Å². The van der Waals surface area contributed by atoms with Gasteiger partial charge in [-0.2, -0.15) is 0 Å². The zero-order valence-corrected chi connectivity index (χ0v) is 13.8. The normalized spacial score (nSPS) is 18.0. The van der Waals surface area contributed by atoms with Gasteiger partial charge in [-0.15, -0.1) is 0 Å². The van der Waals surface area contributed by atoms with E-state index in [1.54, 1.807) is 12.1 Å². The topological polar surface area (TPSA) is 61.8 Å². The monoisotopic (exact) mass is 306 g/mol. The number of nitrogens with one attached hydrogen (secondary N) is 1. The van der Waals surface area contributed by atoms with Gasteiger partial charge in [0.25, 0.3) is 0 Å². The third-order valence-electron chi connectivity index (χ3n) is 3.89. The third-order valence-corrected chi connectivity index (χ3v) is 3.89. The van der Waals surface area contributed by atoms with Gasteiger partial charge in [0, 0.05) is 39.1 Å². The molecule has 0 aromatic heterocycles. The van der Waals surface area contributed by atoms with E-state index in [9.17, 15) is 9.90 Å². The summed E-state index contributed by atoms with van der Waals surface area (Å²) < 4.78 is 5.00. The summed E-state index contributed by atoms with van der Waals surface area (Å²) in [6.07, 6.45) is 0. The Morgan fingerprint density at radius 3 is 2.45 bits per heavy atom. The number of phenolic OH excluding ortho intramolecular Hbond substituents is 1. The Hall–Kier alpha value is -1.59. The number of ether oxygens (including phenoxy) is 1. The molecule has 1 fully saturated rings. The number of hydrogen-bond donors (Lipinski definition) is 2. The van der Waals surface area contributed by atoms with Crippen LogP contribution >= 0.6 is 0 Å². The molecular formula is C17H26N2O3. The van der Waals surface area contributed by atoms with Gasteiger partial charge in [-0.1, -0.05) is 26.8 Å².